The van der Waals surface area contributed by atoms with Gasteiger partial charge in [0.05, 0.1) is 17.0 Å². The summed E-state index contributed by atoms with van der Waals surface area (Å²) in [5, 5.41) is 0. The quantitative estimate of drug-likeness (QED) is 0.826. The number of carbonyl (C=O) groups is 2. The molecule has 6 nitrogen and oxygen atoms in total. The summed E-state index contributed by atoms with van der Waals surface area (Å²) < 4.78 is 0. The lowest BCUT2D eigenvalue weighted by atomic mass is 9.85. The van der Waals surface area contributed by atoms with Crippen molar-refractivity contribution in [3.05, 3.63) is 23.3 Å². The highest BCUT2D eigenvalue weighted by molar-refractivity contribution is 5.96. The molecule has 24 heavy (non-hydrogen) atoms. The zero-order chi connectivity index (χ0) is 17.3. The van der Waals surface area contributed by atoms with Crippen LogP contribution < -0.4 is 0 Å². The number of aryl methyl sites for hydroxylation is 2. The Morgan fingerprint density at radius 2 is 1.58 bits per heavy atom. The average Bonchev–Trinajstić information content (AvgIpc) is 2.55. The van der Waals surface area contributed by atoms with E-state index in [-0.39, 0.29) is 11.4 Å². The first kappa shape index (κ1) is 17.0. The van der Waals surface area contributed by atoms with Crippen molar-refractivity contribution in [2.45, 2.75) is 52.0 Å². The van der Waals surface area contributed by atoms with E-state index < -0.39 is 0 Å². The third-order valence-corrected chi connectivity index (χ3v) is 5.65. The van der Waals surface area contributed by atoms with Crippen molar-refractivity contribution in [1.29, 1.82) is 0 Å². The number of aromatic nitrogens is 2. The molecule has 3 heterocycles. The van der Waals surface area contributed by atoms with Crippen LogP contribution in [0.5, 0.6) is 0 Å². The Hall–Kier alpha value is -1.82. The minimum Gasteiger partial charge on any atom is -0.338 e. The smallest absolute Gasteiger partial charge is 0.257 e. The van der Waals surface area contributed by atoms with Crippen LogP contribution in [0.1, 0.15) is 54.4 Å². The van der Waals surface area contributed by atoms with E-state index in [9.17, 15) is 9.59 Å². The maximum atomic E-state index is 12.9. The maximum absolute atomic E-state index is 12.9. The van der Waals surface area contributed by atoms with E-state index in [2.05, 4.69) is 21.8 Å². The van der Waals surface area contributed by atoms with Gasteiger partial charge >= 0.3 is 0 Å². The Morgan fingerprint density at radius 1 is 1.04 bits per heavy atom. The summed E-state index contributed by atoms with van der Waals surface area (Å²) >= 11 is 0. The van der Waals surface area contributed by atoms with Gasteiger partial charge in [-0.3, -0.25) is 14.5 Å². The summed E-state index contributed by atoms with van der Waals surface area (Å²) in [6, 6.07) is 0. The molecule has 0 bridgehead atoms. The second-order valence-electron chi connectivity index (χ2n) is 7.23. The van der Waals surface area contributed by atoms with Crippen LogP contribution in [-0.2, 0) is 4.79 Å². The molecule has 1 aromatic heterocycles. The van der Waals surface area contributed by atoms with Crippen molar-refractivity contribution in [2.24, 2.45) is 0 Å². The molecule has 3 rings (SSSR count). The van der Waals surface area contributed by atoms with Gasteiger partial charge in [0, 0.05) is 44.6 Å². The number of piperidine rings is 2. The van der Waals surface area contributed by atoms with Crippen LogP contribution in [0.3, 0.4) is 0 Å². The Balaban J connectivity index is 1.66. The van der Waals surface area contributed by atoms with Crippen molar-refractivity contribution < 1.29 is 9.59 Å². The molecule has 0 aromatic carbocycles. The van der Waals surface area contributed by atoms with E-state index in [0.717, 1.165) is 50.4 Å². The molecule has 0 radical (unpaired) electrons. The molecule has 0 spiro atoms. The number of likely N-dealkylation sites (tertiary alicyclic amines) is 2. The minimum atomic E-state index is 0.0430. The van der Waals surface area contributed by atoms with Gasteiger partial charge in [-0.15, -0.1) is 0 Å². The predicted molar refractivity (Wildman–Crippen MR) is 90.9 cm³/mol. The van der Waals surface area contributed by atoms with Crippen LogP contribution in [-0.4, -0.2) is 63.2 Å². The normalized spacial score (nSPS) is 21.8. The zero-order valence-electron chi connectivity index (χ0n) is 14.8. The van der Waals surface area contributed by atoms with Crippen LogP contribution in [0.25, 0.3) is 0 Å². The van der Waals surface area contributed by atoms with E-state index in [1.807, 2.05) is 18.7 Å². The average molecular weight is 330 g/mol. The molecule has 130 valence electrons. The van der Waals surface area contributed by atoms with Crippen LogP contribution in [0.2, 0.25) is 0 Å². The monoisotopic (exact) mass is 330 g/mol. The van der Waals surface area contributed by atoms with Gasteiger partial charge in [-0.05, 0) is 33.6 Å². The second kappa shape index (κ2) is 6.59. The Kier molecular flexibility index (Phi) is 4.67. The van der Waals surface area contributed by atoms with Crippen LogP contribution in [0, 0.1) is 13.8 Å². The van der Waals surface area contributed by atoms with Crippen molar-refractivity contribution in [2.75, 3.05) is 26.2 Å². The van der Waals surface area contributed by atoms with Crippen LogP contribution in [0.15, 0.2) is 6.33 Å². The molecule has 0 saturated carbocycles. The molecule has 1 amide bonds. The SMILES string of the molecule is Cc1ncnc(C)c1C(=O)N1CCC(C)(N2CCC(=O)CC2)CC1. The third kappa shape index (κ3) is 3.20. The van der Waals surface area contributed by atoms with Gasteiger partial charge in [0.1, 0.15) is 12.1 Å². The summed E-state index contributed by atoms with van der Waals surface area (Å²) in [5.74, 6) is 0.416. The lowest BCUT2D eigenvalue weighted by molar-refractivity contribution is -0.123. The lowest BCUT2D eigenvalue weighted by Crippen LogP contribution is -2.56. The van der Waals surface area contributed by atoms with Gasteiger partial charge in [0.15, 0.2) is 0 Å². The highest BCUT2D eigenvalue weighted by Gasteiger charge is 2.38. The van der Waals surface area contributed by atoms with Crippen molar-refractivity contribution in [1.82, 2.24) is 19.8 Å². The molecule has 2 aliphatic heterocycles. The maximum Gasteiger partial charge on any atom is 0.257 e. The van der Waals surface area contributed by atoms with Gasteiger partial charge in [-0.25, -0.2) is 9.97 Å². The first-order chi connectivity index (χ1) is 11.4. The largest absolute Gasteiger partial charge is 0.338 e. The molecular formula is C18H26N4O2. The summed E-state index contributed by atoms with van der Waals surface area (Å²) in [6.07, 6.45) is 4.72. The highest BCUT2D eigenvalue weighted by atomic mass is 16.2. The fraction of sp³-hybridized carbons (Fsp3) is 0.667. The Labute approximate surface area is 143 Å². The molecule has 0 aliphatic carbocycles. The summed E-state index contributed by atoms with van der Waals surface area (Å²) in [4.78, 5) is 37.0. The molecular weight excluding hydrogens is 304 g/mol. The van der Waals surface area contributed by atoms with Gasteiger partial charge in [-0.1, -0.05) is 0 Å². The number of hydrogen-bond donors (Lipinski definition) is 0. The van der Waals surface area contributed by atoms with Crippen molar-refractivity contribution >= 4 is 11.7 Å². The zero-order valence-corrected chi connectivity index (χ0v) is 14.8. The number of Topliss-reactive ketones (excluding diaryl/α,β-unsaturated/α-hetero) is 1. The molecule has 0 unspecified atom stereocenters. The molecule has 2 fully saturated rings. The van der Waals surface area contributed by atoms with Gasteiger partial charge in [0.2, 0.25) is 0 Å². The molecule has 1 aromatic rings. The van der Waals surface area contributed by atoms with E-state index >= 15 is 0 Å². The van der Waals surface area contributed by atoms with Crippen LogP contribution >= 0.6 is 0 Å². The first-order valence-corrected chi connectivity index (χ1v) is 8.75. The van der Waals surface area contributed by atoms with Gasteiger partial charge in [0.25, 0.3) is 5.91 Å². The molecule has 0 atom stereocenters. The van der Waals surface area contributed by atoms with E-state index in [4.69, 9.17) is 0 Å². The van der Waals surface area contributed by atoms with Gasteiger partial charge < -0.3 is 4.90 Å². The van der Waals surface area contributed by atoms with E-state index in [1.165, 1.54) is 6.33 Å². The molecule has 0 N–H and O–H groups in total. The standard InChI is InChI=1S/C18H26N4O2/c1-13-16(14(2)20-12-19-13)17(24)21-10-6-18(3,7-11-21)22-8-4-15(23)5-9-22/h12H,4-11H2,1-3H3. The highest BCUT2D eigenvalue weighted by Crippen LogP contribution is 2.31. The van der Waals surface area contributed by atoms with Gasteiger partial charge in [-0.2, -0.15) is 0 Å². The van der Waals surface area contributed by atoms with E-state index in [1.54, 1.807) is 0 Å². The predicted octanol–water partition coefficient (Wildman–Crippen LogP) is 1.75. The number of ketones is 1. The number of carbonyl (C=O) groups excluding carboxylic acids is 2. The summed E-state index contributed by atoms with van der Waals surface area (Å²) in [5.41, 5.74) is 2.23. The summed E-state index contributed by atoms with van der Waals surface area (Å²) in [6.45, 7) is 9.19. The second-order valence-corrected chi connectivity index (χ2v) is 7.23. The van der Waals surface area contributed by atoms with Crippen molar-refractivity contribution in [3.63, 3.8) is 0 Å². The minimum absolute atomic E-state index is 0.0430. The van der Waals surface area contributed by atoms with Crippen LogP contribution in [0.4, 0.5) is 0 Å². The number of amides is 1. The molecule has 2 saturated heterocycles. The summed E-state index contributed by atoms with van der Waals surface area (Å²) in [7, 11) is 0. The van der Waals surface area contributed by atoms with Crippen molar-refractivity contribution in [3.8, 4) is 0 Å². The third-order valence-electron chi connectivity index (χ3n) is 5.65. The molecule has 2 aliphatic rings. The fourth-order valence-corrected chi connectivity index (χ4v) is 3.86. The first-order valence-electron chi connectivity index (χ1n) is 8.75. The number of rotatable bonds is 2. The molecule has 6 heteroatoms. The van der Waals surface area contributed by atoms with E-state index in [0.29, 0.717) is 24.2 Å². The lowest BCUT2D eigenvalue weighted by Gasteiger charge is -2.48. The fourth-order valence-electron chi connectivity index (χ4n) is 3.86. The Morgan fingerprint density at radius 3 is 2.12 bits per heavy atom. The topological polar surface area (TPSA) is 66.4 Å². The number of nitrogens with zero attached hydrogens (tertiary/aromatic N) is 4. The number of hydrogen-bond acceptors (Lipinski definition) is 5. The Bertz CT molecular complexity index is 620.